The second-order valence-electron chi connectivity index (χ2n) is 8.22. The highest BCUT2D eigenvalue weighted by atomic mass is 16.5. The maximum atomic E-state index is 13.5. The fourth-order valence-electron chi connectivity index (χ4n) is 4.37. The lowest BCUT2D eigenvalue weighted by Gasteiger charge is -2.29. The van der Waals surface area contributed by atoms with Crippen LogP contribution in [0.15, 0.2) is 30.0 Å². The molecule has 0 atom stereocenters. The fraction of sp³-hybridized carbons (Fsp3) is 0.583. The fourth-order valence-corrected chi connectivity index (χ4v) is 4.37. The van der Waals surface area contributed by atoms with Gasteiger partial charge in [0.15, 0.2) is 0 Å². The summed E-state index contributed by atoms with van der Waals surface area (Å²) in [5, 5.41) is 9.42. The molecule has 1 N–H and O–H groups in total. The van der Waals surface area contributed by atoms with E-state index in [1.165, 1.54) is 11.3 Å². The number of carbonyl (C=O) groups excluding carboxylic acids is 2. The topological polar surface area (TPSA) is 70.1 Å². The van der Waals surface area contributed by atoms with Crippen LogP contribution in [0.1, 0.15) is 63.9 Å². The van der Waals surface area contributed by atoms with Crippen LogP contribution < -0.4 is 4.74 Å². The molecule has 1 aromatic carbocycles. The minimum absolute atomic E-state index is 0.0486. The van der Waals surface area contributed by atoms with Crippen LogP contribution in [0, 0.1) is 0 Å². The lowest BCUT2D eigenvalue weighted by molar-refractivity contribution is -0.140. The van der Waals surface area contributed by atoms with Crippen molar-refractivity contribution in [3.8, 4) is 5.75 Å². The average molecular weight is 415 g/mol. The molecule has 0 unspecified atom stereocenters. The Balaban J connectivity index is 1.93. The molecule has 1 aliphatic heterocycles. The Kier molecular flexibility index (Phi) is 7.91. The zero-order valence-electron chi connectivity index (χ0n) is 18.2. The molecular formula is C24H34N2O4. The van der Waals surface area contributed by atoms with Gasteiger partial charge in [-0.2, -0.15) is 0 Å². The van der Waals surface area contributed by atoms with E-state index in [1.54, 1.807) is 11.9 Å². The summed E-state index contributed by atoms with van der Waals surface area (Å²) in [4.78, 5) is 30.1. The van der Waals surface area contributed by atoms with Gasteiger partial charge in [0.2, 0.25) is 0 Å². The van der Waals surface area contributed by atoms with Crippen molar-refractivity contribution in [1.29, 1.82) is 0 Å². The van der Waals surface area contributed by atoms with Gasteiger partial charge in [0.25, 0.3) is 11.8 Å². The first-order valence-electron chi connectivity index (χ1n) is 11.3. The summed E-state index contributed by atoms with van der Waals surface area (Å²) in [6.45, 7) is 2.91. The van der Waals surface area contributed by atoms with Crippen molar-refractivity contribution in [1.82, 2.24) is 9.80 Å². The van der Waals surface area contributed by atoms with Gasteiger partial charge in [0.1, 0.15) is 11.4 Å². The van der Waals surface area contributed by atoms with Crippen LogP contribution in [0.4, 0.5) is 0 Å². The molecule has 0 radical (unpaired) electrons. The van der Waals surface area contributed by atoms with Crippen molar-refractivity contribution >= 4 is 17.4 Å². The van der Waals surface area contributed by atoms with Crippen LogP contribution in [-0.4, -0.2) is 59.6 Å². The summed E-state index contributed by atoms with van der Waals surface area (Å²) in [5.74, 6) is 0.301. The summed E-state index contributed by atoms with van der Waals surface area (Å²) >= 11 is 0. The van der Waals surface area contributed by atoms with Crippen molar-refractivity contribution in [2.45, 2.75) is 64.3 Å². The van der Waals surface area contributed by atoms with Crippen LogP contribution in [0.3, 0.4) is 0 Å². The van der Waals surface area contributed by atoms with Crippen LogP contribution in [0.25, 0.3) is 5.57 Å². The van der Waals surface area contributed by atoms with Crippen LogP contribution >= 0.6 is 0 Å². The minimum Gasteiger partial charge on any atom is -0.494 e. The molecule has 2 aliphatic rings. The number of aliphatic hydroxyl groups excluding tert-OH is 1. The first kappa shape index (κ1) is 22.3. The number of aliphatic hydroxyl groups is 1. The molecule has 1 heterocycles. The van der Waals surface area contributed by atoms with Gasteiger partial charge >= 0.3 is 0 Å². The molecule has 3 rings (SSSR count). The highest BCUT2D eigenvalue weighted by molar-refractivity contribution is 6.35. The predicted molar refractivity (Wildman–Crippen MR) is 117 cm³/mol. The van der Waals surface area contributed by atoms with Gasteiger partial charge in [-0.15, -0.1) is 0 Å². The number of amides is 2. The van der Waals surface area contributed by atoms with E-state index in [-0.39, 0.29) is 24.5 Å². The molecule has 6 nitrogen and oxygen atoms in total. The number of rotatable bonds is 8. The predicted octanol–water partition coefficient (Wildman–Crippen LogP) is 3.59. The van der Waals surface area contributed by atoms with Crippen LogP contribution in [0.5, 0.6) is 5.75 Å². The molecule has 6 heteroatoms. The Labute approximate surface area is 179 Å². The molecule has 1 saturated carbocycles. The van der Waals surface area contributed by atoms with Gasteiger partial charge in [-0.3, -0.25) is 14.5 Å². The third-order valence-corrected chi connectivity index (χ3v) is 5.96. The molecule has 0 bridgehead atoms. The summed E-state index contributed by atoms with van der Waals surface area (Å²) in [6.07, 6.45) is 8.29. The summed E-state index contributed by atoms with van der Waals surface area (Å²) in [7, 11) is 1.76. The number of hydrogen-bond donors (Lipinski definition) is 1. The SMILES string of the molecule is CCCOc1ccc(C2=C(N(C)CCO)C(=O)N(C3CCCCCCC3)C2=O)cc1. The summed E-state index contributed by atoms with van der Waals surface area (Å²) in [5.41, 5.74) is 1.53. The number of imide groups is 1. The van der Waals surface area contributed by atoms with Gasteiger partial charge in [-0.1, -0.05) is 51.2 Å². The van der Waals surface area contributed by atoms with E-state index in [9.17, 15) is 14.7 Å². The molecule has 0 aromatic heterocycles. The average Bonchev–Trinajstić information content (AvgIpc) is 2.97. The largest absolute Gasteiger partial charge is 0.494 e. The Bertz CT molecular complexity index is 764. The van der Waals surface area contributed by atoms with Gasteiger partial charge in [0.05, 0.1) is 18.8 Å². The molecule has 1 aromatic rings. The number of likely N-dealkylation sites (N-methyl/N-ethyl adjacent to an activating group) is 1. The smallest absolute Gasteiger partial charge is 0.278 e. The lowest BCUT2D eigenvalue weighted by atomic mass is 9.95. The van der Waals surface area contributed by atoms with Crippen molar-refractivity contribution in [2.24, 2.45) is 0 Å². The third kappa shape index (κ3) is 4.86. The molecule has 0 spiro atoms. The third-order valence-electron chi connectivity index (χ3n) is 5.96. The normalized spacial score (nSPS) is 18.6. The van der Waals surface area contributed by atoms with Crippen molar-refractivity contribution in [2.75, 3.05) is 26.8 Å². The van der Waals surface area contributed by atoms with E-state index in [2.05, 4.69) is 6.92 Å². The number of carbonyl (C=O) groups is 2. The van der Waals surface area contributed by atoms with E-state index in [1.807, 2.05) is 24.3 Å². The Morgan fingerprint density at radius 3 is 2.27 bits per heavy atom. The lowest BCUT2D eigenvalue weighted by Crippen LogP contribution is -2.42. The van der Waals surface area contributed by atoms with E-state index in [0.717, 1.165) is 50.7 Å². The first-order valence-corrected chi connectivity index (χ1v) is 11.3. The molecule has 30 heavy (non-hydrogen) atoms. The zero-order valence-corrected chi connectivity index (χ0v) is 18.2. The molecule has 1 aliphatic carbocycles. The molecule has 164 valence electrons. The van der Waals surface area contributed by atoms with Gasteiger partial charge in [-0.05, 0) is 37.0 Å². The Hall–Kier alpha value is -2.34. The number of nitrogens with zero attached hydrogens (tertiary/aromatic N) is 2. The summed E-state index contributed by atoms with van der Waals surface area (Å²) < 4.78 is 5.65. The Morgan fingerprint density at radius 2 is 1.67 bits per heavy atom. The monoisotopic (exact) mass is 414 g/mol. The van der Waals surface area contributed by atoms with Gasteiger partial charge in [-0.25, -0.2) is 0 Å². The van der Waals surface area contributed by atoms with Crippen molar-refractivity contribution < 1.29 is 19.4 Å². The number of hydrogen-bond acceptors (Lipinski definition) is 5. The van der Waals surface area contributed by atoms with E-state index in [0.29, 0.717) is 30.0 Å². The molecule has 2 amide bonds. The highest BCUT2D eigenvalue weighted by Gasteiger charge is 2.43. The van der Waals surface area contributed by atoms with E-state index in [4.69, 9.17) is 4.74 Å². The van der Waals surface area contributed by atoms with Gasteiger partial charge in [0, 0.05) is 19.6 Å². The molecule has 1 fully saturated rings. The molecular weight excluding hydrogens is 380 g/mol. The first-order chi connectivity index (χ1) is 14.6. The number of benzene rings is 1. The zero-order chi connectivity index (χ0) is 21.5. The van der Waals surface area contributed by atoms with Gasteiger partial charge < -0.3 is 14.7 Å². The van der Waals surface area contributed by atoms with E-state index < -0.39 is 0 Å². The van der Waals surface area contributed by atoms with Crippen LogP contribution in [0.2, 0.25) is 0 Å². The standard InChI is InChI=1S/C24H34N2O4/c1-3-17-30-20-13-11-18(12-14-20)21-22(25(2)15-16-27)24(29)26(23(21)28)19-9-7-5-4-6-8-10-19/h11-14,19,27H,3-10,15-17H2,1-2H3. The van der Waals surface area contributed by atoms with Crippen molar-refractivity contribution in [3.05, 3.63) is 35.5 Å². The maximum Gasteiger partial charge on any atom is 0.278 e. The van der Waals surface area contributed by atoms with Crippen molar-refractivity contribution in [3.63, 3.8) is 0 Å². The quantitative estimate of drug-likeness (QED) is 0.659. The maximum absolute atomic E-state index is 13.5. The molecule has 0 saturated heterocycles. The van der Waals surface area contributed by atoms with Crippen LogP contribution in [-0.2, 0) is 9.59 Å². The summed E-state index contributed by atoms with van der Waals surface area (Å²) in [6, 6.07) is 7.34. The number of ether oxygens (including phenoxy) is 1. The second-order valence-corrected chi connectivity index (χ2v) is 8.22. The highest BCUT2D eigenvalue weighted by Crippen LogP contribution is 2.35. The van der Waals surface area contributed by atoms with E-state index >= 15 is 0 Å². The minimum atomic E-state index is -0.233. The Morgan fingerprint density at radius 1 is 1.03 bits per heavy atom. The second kappa shape index (κ2) is 10.6.